The fourth-order valence-electron chi connectivity index (χ4n) is 4.59. The van der Waals surface area contributed by atoms with Gasteiger partial charge in [-0.3, -0.25) is 9.69 Å². The van der Waals surface area contributed by atoms with Crippen molar-refractivity contribution in [2.75, 3.05) is 24.6 Å². The zero-order chi connectivity index (χ0) is 26.7. The number of hydrogen-bond acceptors (Lipinski definition) is 6. The summed E-state index contributed by atoms with van der Waals surface area (Å²) in [5.74, 6) is 0.965. The number of thiazole rings is 1. The van der Waals surface area contributed by atoms with Crippen LogP contribution < -0.4 is 9.64 Å². The van der Waals surface area contributed by atoms with Crippen LogP contribution in [0, 0.1) is 5.92 Å². The van der Waals surface area contributed by atoms with E-state index in [4.69, 9.17) is 9.72 Å². The third-order valence-corrected chi connectivity index (χ3v) is 9.77. The number of amides is 1. The summed E-state index contributed by atoms with van der Waals surface area (Å²) in [6.07, 6.45) is 1.72. The lowest BCUT2D eigenvalue weighted by Crippen LogP contribution is -2.37. The maximum Gasteiger partial charge on any atom is 0.260 e. The first-order valence-corrected chi connectivity index (χ1v) is 15.1. The van der Waals surface area contributed by atoms with E-state index in [0.717, 1.165) is 28.6 Å². The van der Waals surface area contributed by atoms with Crippen LogP contribution in [0.3, 0.4) is 0 Å². The fraction of sp³-hybridized carbons (Fsp3) is 0.310. The molecular formula is C29H31N3O4S2. The number of piperidine rings is 1. The van der Waals surface area contributed by atoms with Crippen LogP contribution in [0.2, 0.25) is 0 Å². The molecule has 38 heavy (non-hydrogen) atoms. The van der Waals surface area contributed by atoms with Gasteiger partial charge in [-0.05, 0) is 67.6 Å². The number of carbonyl (C=O) groups excluding carboxylic acids is 1. The molecule has 3 aromatic carbocycles. The fourth-order valence-corrected chi connectivity index (χ4v) is 7.04. The van der Waals surface area contributed by atoms with Gasteiger partial charge in [0.2, 0.25) is 10.0 Å². The highest BCUT2D eigenvalue weighted by Gasteiger charge is 2.29. The molecule has 1 saturated heterocycles. The number of carbonyl (C=O) groups is 1. The molecule has 0 spiro atoms. The monoisotopic (exact) mass is 549 g/mol. The average molecular weight is 550 g/mol. The van der Waals surface area contributed by atoms with Crippen molar-refractivity contribution in [1.82, 2.24) is 9.29 Å². The van der Waals surface area contributed by atoms with Crippen LogP contribution in [0.1, 0.15) is 42.6 Å². The molecule has 9 heteroatoms. The average Bonchev–Trinajstić information content (AvgIpc) is 3.37. The van der Waals surface area contributed by atoms with Crippen LogP contribution in [0.25, 0.3) is 10.2 Å². The number of rotatable bonds is 8. The lowest BCUT2D eigenvalue weighted by molar-refractivity contribution is 0.0985. The first-order valence-electron chi connectivity index (χ1n) is 12.8. The molecule has 1 fully saturated rings. The molecule has 4 aromatic rings. The summed E-state index contributed by atoms with van der Waals surface area (Å²) in [5.41, 5.74) is 2.08. The molecule has 0 bridgehead atoms. The SMILES string of the molecule is CCOc1cccc2sc(N(Cc3ccccc3)C(=O)c3ccc(S(=O)(=O)N4CCC(C)CC4)cc3)nc12. The van der Waals surface area contributed by atoms with Crippen molar-refractivity contribution in [3.05, 3.63) is 83.9 Å². The molecule has 7 nitrogen and oxygen atoms in total. The number of nitrogens with zero attached hydrogens (tertiary/aromatic N) is 3. The standard InChI is InChI=1S/C29H31N3O4S2/c1-3-36-25-10-7-11-26-27(25)30-29(37-26)32(20-22-8-5-4-6-9-22)28(33)23-12-14-24(15-13-23)38(34,35)31-18-16-21(2)17-19-31/h4-15,21H,3,16-20H2,1-2H3. The lowest BCUT2D eigenvalue weighted by Gasteiger charge is -2.29. The van der Waals surface area contributed by atoms with Crippen molar-refractivity contribution in [2.24, 2.45) is 5.92 Å². The Hall–Kier alpha value is -3.27. The van der Waals surface area contributed by atoms with Gasteiger partial charge in [-0.15, -0.1) is 0 Å². The molecule has 0 radical (unpaired) electrons. The number of hydrogen-bond donors (Lipinski definition) is 0. The topological polar surface area (TPSA) is 79.8 Å². The van der Waals surface area contributed by atoms with Gasteiger partial charge in [0.25, 0.3) is 5.91 Å². The van der Waals surface area contributed by atoms with Gasteiger partial charge in [0.15, 0.2) is 5.13 Å². The Kier molecular flexibility index (Phi) is 7.78. The molecular weight excluding hydrogens is 518 g/mol. The molecule has 0 unspecified atom stereocenters. The second-order valence-electron chi connectivity index (χ2n) is 9.52. The number of fused-ring (bicyclic) bond motifs is 1. The van der Waals surface area contributed by atoms with Crippen molar-refractivity contribution in [2.45, 2.75) is 38.1 Å². The van der Waals surface area contributed by atoms with Crippen molar-refractivity contribution in [3.8, 4) is 5.75 Å². The maximum absolute atomic E-state index is 13.8. The lowest BCUT2D eigenvalue weighted by atomic mass is 10.0. The van der Waals surface area contributed by atoms with Crippen LogP contribution in [0.15, 0.2) is 77.7 Å². The molecule has 1 amide bonds. The Labute approximate surface area is 227 Å². The van der Waals surface area contributed by atoms with Gasteiger partial charge in [0.05, 0.1) is 22.7 Å². The summed E-state index contributed by atoms with van der Waals surface area (Å²) in [5, 5.41) is 0.556. The number of ether oxygens (including phenoxy) is 1. The van der Waals surface area contributed by atoms with Gasteiger partial charge in [0.1, 0.15) is 11.3 Å². The van der Waals surface area contributed by atoms with Gasteiger partial charge in [-0.25, -0.2) is 13.4 Å². The van der Waals surface area contributed by atoms with E-state index in [1.54, 1.807) is 21.3 Å². The third kappa shape index (κ3) is 5.45. The number of para-hydroxylation sites is 1. The van der Waals surface area contributed by atoms with Gasteiger partial charge < -0.3 is 4.74 Å². The van der Waals surface area contributed by atoms with Crippen LogP contribution in [0.5, 0.6) is 5.75 Å². The molecule has 5 rings (SSSR count). The quantitative estimate of drug-likeness (QED) is 0.271. The van der Waals surface area contributed by atoms with Crippen LogP contribution >= 0.6 is 11.3 Å². The van der Waals surface area contributed by atoms with Crippen molar-refractivity contribution in [3.63, 3.8) is 0 Å². The first-order chi connectivity index (χ1) is 18.4. The maximum atomic E-state index is 13.8. The highest BCUT2D eigenvalue weighted by Crippen LogP contribution is 2.35. The van der Waals surface area contributed by atoms with Gasteiger partial charge in [-0.2, -0.15) is 4.31 Å². The number of benzene rings is 3. The van der Waals surface area contributed by atoms with E-state index >= 15 is 0 Å². The van der Waals surface area contributed by atoms with E-state index in [1.807, 2.05) is 55.5 Å². The molecule has 198 valence electrons. The smallest absolute Gasteiger partial charge is 0.260 e. The molecule has 0 N–H and O–H groups in total. The normalized spacial score (nSPS) is 15.0. The zero-order valence-corrected chi connectivity index (χ0v) is 23.2. The van der Waals surface area contributed by atoms with Crippen LogP contribution in [-0.4, -0.2) is 43.3 Å². The molecule has 2 heterocycles. The molecule has 0 aliphatic carbocycles. The predicted molar refractivity (Wildman–Crippen MR) is 151 cm³/mol. The minimum absolute atomic E-state index is 0.208. The summed E-state index contributed by atoms with van der Waals surface area (Å²) in [6, 6.07) is 21.8. The Morgan fingerprint density at radius 2 is 1.74 bits per heavy atom. The number of aromatic nitrogens is 1. The summed E-state index contributed by atoms with van der Waals surface area (Å²) >= 11 is 1.43. The van der Waals surface area contributed by atoms with Crippen molar-refractivity contribution in [1.29, 1.82) is 0 Å². The zero-order valence-electron chi connectivity index (χ0n) is 21.5. The van der Waals surface area contributed by atoms with Gasteiger partial charge >= 0.3 is 0 Å². The van der Waals surface area contributed by atoms with Crippen LogP contribution in [-0.2, 0) is 16.6 Å². The molecule has 1 aliphatic heterocycles. The minimum Gasteiger partial charge on any atom is -0.492 e. The van der Waals surface area contributed by atoms with E-state index in [1.165, 1.54) is 23.5 Å². The number of sulfonamides is 1. The van der Waals surface area contributed by atoms with Gasteiger partial charge in [-0.1, -0.05) is 54.7 Å². The Morgan fingerprint density at radius 3 is 2.42 bits per heavy atom. The molecule has 1 aromatic heterocycles. The Bertz CT molecular complexity index is 1510. The third-order valence-electron chi connectivity index (χ3n) is 6.81. The molecule has 0 atom stereocenters. The highest BCUT2D eigenvalue weighted by atomic mass is 32.2. The van der Waals surface area contributed by atoms with E-state index in [0.29, 0.717) is 48.6 Å². The Morgan fingerprint density at radius 1 is 1.03 bits per heavy atom. The van der Waals surface area contributed by atoms with Crippen molar-refractivity contribution < 1.29 is 17.9 Å². The Balaban J connectivity index is 1.46. The predicted octanol–water partition coefficient (Wildman–Crippen LogP) is 5.96. The highest BCUT2D eigenvalue weighted by molar-refractivity contribution is 7.89. The summed E-state index contributed by atoms with van der Waals surface area (Å²) < 4.78 is 34.6. The summed E-state index contributed by atoms with van der Waals surface area (Å²) in [4.78, 5) is 20.5. The summed E-state index contributed by atoms with van der Waals surface area (Å²) in [6.45, 7) is 5.97. The number of anilines is 1. The van der Waals surface area contributed by atoms with Crippen LogP contribution in [0.4, 0.5) is 5.13 Å². The van der Waals surface area contributed by atoms with E-state index in [2.05, 4.69) is 6.92 Å². The minimum atomic E-state index is -3.59. The van der Waals surface area contributed by atoms with E-state index < -0.39 is 10.0 Å². The van der Waals surface area contributed by atoms with Crippen molar-refractivity contribution >= 4 is 42.6 Å². The van der Waals surface area contributed by atoms with E-state index in [-0.39, 0.29) is 10.8 Å². The van der Waals surface area contributed by atoms with E-state index in [9.17, 15) is 13.2 Å². The molecule has 0 saturated carbocycles. The second-order valence-corrected chi connectivity index (χ2v) is 12.5. The summed E-state index contributed by atoms with van der Waals surface area (Å²) in [7, 11) is -3.59. The largest absolute Gasteiger partial charge is 0.492 e. The molecule has 1 aliphatic rings. The second kappa shape index (κ2) is 11.2. The first kappa shape index (κ1) is 26.3. The van der Waals surface area contributed by atoms with Gasteiger partial charge in [0, 0.05) is 18.7 Å².